The fourth-order valence-corrected chi connectivity index (χ4v) is 4.00. The Hall–Kier alpha value is -3.35. The lowest BCUT2D eigenvalue weighted by atomic mass is 9.98. The number of rotatable bonds is 7. The molecule has 0 aliphatic heterocycles. The summed E-state index contributed by atoms with van der Waals surface area (Å²) in [5.41, 5.74) is 4.34. The zero-order valence-corrected chi connectivity index (χ0v) is 18.7. The molecule has 1 aliphatic carbocycles. The molecule has 32 heavy (non-hydrogen) atoms. The third-order valence-corrected chi connectivity index (χ3v) is 5.83. The van der Waals surface area contributed by atoms with Gasteiger partial charge in [0.25, 0.3) is 0 Å². The smallest absolute Gasteiger partial charge is 0.407 e. The van der Waals surface area contributed by atoms with Gasteiger partial charge in [-0.1, -0.05) is 36.8 Å². The first-order valence-corrected chi connectivity index (χ1v) is 11.2. The number of amides is 1. The van der Waals surface area contributed by atoms with E-state index in [4.69, 9.17) is 14.5 Å². The first-order valence-electron chi connectivity index (χ1n) is 11.2. The molecule has 0 unspecified atom stereocenters. The first kappa shape index (κ1) is 21.9. The minimum atomic E-state index is -0.471. The minimum absolute atomic E-state index is 0.230. The molecule has 1 N–H and O–H groups in total. The van der Waals surface area contributed by atoms with E-state index >= 15 is 0 Å². The number of nitrogens with one attached hydrogen (secondary N) is 1. The van der Waals surface area contributed by atoms with Gasteiger partial charge in [-0.3, -0.25) is 4.68 Å². The van der Waals surface area contributed by atoms with E-state index in [-0.39, 0.29) is 12.7 Å². The highest BCUT2D eigenvalue weighted by atomic mass is 16.5. The van der Waals surface area contributed by atoms with Crippen molar-refractivity contribution < 1.29 is 14.3 Å². The number of carbonyl (C=O) groups excluding carboxylic acids is 1. The molecular weight excluding hydrogens is 404 g/mol. The Morgan fingerprint density at radius 1 is 1.12 bits per heavy atom. The number of hydrogen-bond acceptors (Lipinski definition) is 5. The van der Waals surface area contributed by atoms with Gasteiger partial charge in [0.15, 0.2) is 0 Å². The number of ether oxygens (including phenoxy) is 2. The van der Waals surface area contributed by atoms with Gasteiger partial charge in [0, 0.05) is 12.6 Å². The van der Waals surface area contributed by atoms with Gasteiger partial charge in [0.05, 0.1) is 35.9 Å². The molecular formula is C25H30N4O3. The average Bonchev–Trinajstić information content (AvgIpc) is 3.19. The van der Waals surface area contributed by atoms with Crippen LogP contribution < -0.4 is 10.1 Å². The van der Waals surface area contributed by atoms with Gasteiger partial charge in [-0.25, -0.2) is 9.78 Å². The SMILES string of the molecule is Cc1nc(-c2cnn(C)c2CNC(=O)OCc2ccccc2)ccc1OC1CCCCC1. The summed E-state index contributed by atoms with van der Waals surface area (Å²) in [5, 5.41) is 7.18. The van der Waals surface area contributed by atoms with Crippen molar-refractivity contribution in [3.63, 3.8) is 0 Å². The fourth-order valence-electron chi connectivity index (χ4n) is 4.00. The third kappa shape index (κ3) is 5.46. The molecule has 2 heterocycles. The van der Waals surface area contributed by atoms with Crippen LogP contribution in [0.25, 0.3) is 11.3 Å². The van der Waals surface area contributed by atoms with Crippen LogP contribution in [0.3, 0.4) is 0 Å². The van der Waals surface area contributed by atoms with Crippen molar-refractivity contribution in [2.75, 3.05) is 0 Å². The average molecular weight is 435 g/mol. The van der Waals surface area contributed by atoms with Gasteiger partial charge in [0.1, 0.15) is 12.4 Å². The quantitative estimate of drug-likeness (QED) is 0.571. The topological polar surface area (TPSA) is 78.3 Å². The number of aryl methyl sites for hydroxylation is 2. The van der Waals surface area contributed by atoms with Gasteiger partial charge in [-0.05, 0) is 50.3 Å². The summed E-state index contributed by atoms with van der Waals surface area (Å²) in [5.74, 6) is 0.841. The first-order chi connectivity index (χ1) is 15.6. The number of alkyl carbamates (subject to hydrolysis) is 1. The van der Waals surface area contributed by atoms with Gasteiger partial charge in [-0.2, -0.15) is 5.10 Å². The second kappa shape index (κ2) is 10.3. The van der Waals surface area contributed by atoms with E-state index in [0.717, 1.165) is 46.8 Å². The molecule has 1 amide bonds. The number of pyridine rings is 1. The molecule has 7 heteroatoms. The molecule has 1 aliphatic rings. The van der Waals surface area contributed by atoms with Crippen LogP contribution in [0.1, 0.15) is 49.1 Å². The van der Waals surface area contributed by atoms with Crippen LogP contribution in [0.4, 0.5) is 4.79 Å². The Bertz CT molecular complexity index is 1040. The van der Waals surface area contributed by atoms with E-state index in [2.05, 4.69) is 10.4 Å². The molecule has 0 radical (unpaired) electrons. The second-order valence-electron chi connectivity index (χ2n) is 8.20. The van der Waals surface area contributed by atoms with Gasteiger partial charge < -0.3 is 14.8 Å². The summed E-state index contributed by atoms with van der Waals surface area (Å²) in [4.78, 5) is 16.9. The van der Waals surface area contributed by atoms with Crippen molar-refractivity contribution in [3.05, 3.63) is 65.6 Å². The molecule has 4 rings (SSSR count). The van der Waals surface area contributed by atoms with Crippen LogP contribution in [-0.4, -0.2) is 27.0 Å². The molecule has 168 valence electrons. The number of aromatic nitrogens is 3. The molecule has 2 aromatic heterocycles. The number of nitrogens with zero attached hydrogens (tertiary/aromatic N) is 3. The maximum Gasteiger partial charge on any atom is 0.407 e. The van der Waals surface area contributed by atoms with Gasteiger partial charge >= 0.3 is 6.09 Å². The maximum atomic E-state index is 12.2. The van der Waals surface area contributed by atoms with Crippen molar-refractivity contribution in [3.8, 4) is 17.0 Å². The molecule has 1 fully saturated rings. The highest BCUT2D eigenvalue weighted by Gasteiger charge is 2.18. The van der Waals surface area contributed by atoms with Crippen LogP contribution in [-0.2, 0) is 24.9 Å². The van der Waals surface area contributed by atoms with Crippen molar-refractivity contribution in [1.29, 1.82) is 0 Å². The van der Waals surface area contributed by atoms with E-state index in [9.17, 15) is 4.79 Å². The third-order valence-electron chi connectivity index (χ3n) is 5.83. The largest absolute Gasteiger partial charge is 0.489 e. The number of benzene rings is 1. The summed E-state index contributed by atoms with van der Waals surface area (Å²) in [7, 11) is 1.85. The standard InChI is InChI=1S/C25H30N4O3/c1-18-24(32-20-11-7-4-8-12-20)14-13-22(28-18)21-15-27-29(2)23(21)16-26-25(30)31-17-19-9-5-3-6-10-19/h3,5-6,9-10,13-15,20H,4,7-8,11-12,16-17H2,1-2H3,(H,26,30). The van der Waals surface area contributed by atoms with E-state index in [0.29, 0.717) is 6.54 Å². The summed E-state index contributed by atoms with van der Waals surface area (Å²) in [6, 6.07) is 13.5. The minimum Gasteiger partial charge on any atom is -0.489 e. The zero-order valence-electron chi connectivity index (χ0n) is 18.7. The molecule has 3 aromatic rings. The Kier molecular flexibility index (Phi) is 7.04. The molecule has 1 saturated carbocycles. The summed E-state index contributed by atoms with van der Waals surface area (Å²) in [6.07, 6.45) is 7.57. The molecule has 7 nitrogen and oxygen atoms in total. The molecule has 0 saturated heterocycles. The number of carbonyl (C=O) groups is 1. The van der Waals surface area contributed by atoms with E-state index < -0.39 is 6.09 Å². The van der Waals surface area contributed by atoms with E-state index in [1.165, 1.54) is 19.3 Å². The summed E-state index contributed by atoms with van der Waals surface area (Å²) >= 11 is 0. The molecule has 0 atom stereocenters. The van der Waals surface area contributed by atoms with E-state index in [1.807, 2.05) is 56.4 Å². The second-order valence-corrected chi connectivity index (χ2v) is 8.20. The van der Waals surface area contributed by atoms with Crippen molar-refractivity contribution >= 4 is 6.09 Å². The zero-order chi connectivity index (χ0) is 22.3. The van der Waals surface area contributed by atoms with Crippen LogP contribution in [0, 0.1) is 6.92 Å². The Morgan fingerprint density at radius 3 is 2.66 bits per heavy atom. The van der Waals surface area contributed by atoms with Gasteiger partial charge in [0.2, 0.25) is 0 Å². The lowest BCUT2D eigenvalue weighted by Gasteiger charge is -2.23. The molecule has 1 aromatic carbocycles. The van der Waals surface area contributed by atoms with Crippen LogP contribution in [0.15, 0.2) is 48.7 Å². The highest BCUT2D eigenvalue weighted by Crippen LogP contribution is 2.28. The van der Waals surface area contributed by atoms with Crippen molar-refractivity contribution in [2.45, 2.75) is 58.3 Å². The summed E-state index contributed by atoms with van der Waals surface area (Å²) < 4.78 is 13.3. The molecule has 0 spiro atoms. The normalized spacial score (nSPS) is 14.2. The van der Waals surface area contributed by atoms with Crippen LogP contribution in [0.2, 0.25) is 0 Å². The Morgan fingerprint density at radius 2 is 1.91 bits per heavy atom. The predicted molar refractivity (Wildman–Crippen MR) is 122 cm³/mol. The van der Waals surface area contributed by atoms with Crippen LogP contribution >= 0.6 is 0 Å². The predicted octanol–water partition coefficient (Wildman–Crippen LogP) is 4.93. The number of hydrogen-bond donors (Lipinski definition) is 1. The van der Waals surface area contributed by atoms with Crippen molar-refractivity contribution in [2.24, 2.45) is 7.05 Å². The van der Waals surface area contributed by atoms with Crippen LogP contribution in [0.5, 0.6) is 5.75 Å². The highest BCUT2D eigenvalue weighted by molar-refractivity contribution is 5.68. The van der Waals surface area contributed by atoms with Gasteiger partial charge in [-0.15, -0.1) is 0 Å². The Balaban J connectivity index is 1.39. The lowest BCUT2D eigenvalue weighted by molar-refractivity contribution is 0.139. The van der Waals surface area contributed by atoms with E-state index in [1.54, 1.807) is 10.9 Å². The maximum absolute atomic E-state index is 12.2. The monoisotopic (exact) mass is 434 g/mol. The lowest BCUT2D eigenvalue weighted by Crippen LogP contribution is -2.25. The van der Waals surface area contributed by atoms with Crippen molar-refractivity contribution in [1.82, 2.24) is 20.1 Å². The summed E-state index contributed by atoms with van der Waals surface area (Å²) in [6.45, 7) is 2.49. The molecule has 0 bridgehead atoms. The Labute approximate surface area is 188 Å². The fraction of sp³-hybridized carbons (Fsp3) is 0.400.